The van der Waals surface area contributed by atoms with Crippen molar-refractivity contribution >= 4 is 0 Å². The molecule has 1 N–H and O–H groups in total. The van der Waals surface area contributed by atoms with Gasteiger partial charge in [0, 0.05) is 12.1 Å². The molecule has 0 aliphatic carbocycles. The molecule has 1 aromatic carbocycles. The molecule has 0 aliphatic rings. The van der Waals surface area contributed by atoms with Gasteiger partial charge >= 0.3 is 0 Å². The zero-order chi connectivity index (χ0) is 14.3. The molecule has 0 amide bonds. The molecule has 0 fully saturated rings. The maximum atomic E-state index is 13.5. The van der Waals surface area contributed by atoms with Crippen LogP contribution in [0.15, 0.2) is 18.2 Å². The normalized spacial score (nSPS) is 12.9. The molecule has 2 nitrogen and oxygen atoms in total. The van der Waals surface area contributed by atoms with Gasteiger partial charge in [-0.15, -0.1) is 0 Å². The summed E-state index contributed by atoms with van der Waals surface area (Å²) in [7, 11) is 0. The second-order valence-corrected chi connectivity index (χ2v) is 4.76. The largest absolute Gasteiger partial charge is 0.388 e. The second kappa shape index (κ2) is 8.23. The highest BCUT2D eigenvalue weighted by molar-refractivity contribution is 5.21. The summed E-state index contributed by atoms with van der Waals surface area (Å²) in [6, 6.07) is 3.19. The molecule has 1 aromatic rings. The molecule has 108 valence electrons. The van der Waals surface area contributed by atoms with E-state index in [0.717, 1.165) is 44.1 Å². The number of unbranched alkanes of at least 4 members (excludes halogenated alkanes) is 1. The van der Waals surface area contributed by atoms with Crippen LogP contribution in [0.4, 0.5) is 8.78 Å². The van der Waals surface area contributed by atoms with Crippen molar-refractivity contribution in [1.29, 1.82) is 0 Å². The van der Waals surface area contributed by atoms with Crippen LogP contribution in [0.25, 0.3) is 0 Å². The number of nitrogens with zero attached hydrogens (tertiary/aromatic N) is 1. The van der Waals surface area contributed by atoms with E-state index in [1.54, 1.807) is 0 Å². The summed E-state index contributed by atoms with van der Waals surface area (Å²) >= 11 is 0. The minimum atomic E-state index is -0.952. The number of halogens is 2. The minimum absolute atomic E-state index is 0.0477. The number of aliphatic hydroxyl groups is 1. The van der Waals surface area contributed by atoms with Gasteiger partial charge in [-0.05, 0) is 44.1 Å². The SMILES string of the molecule is CCCCN(CC)CCC(O)c1cc(F)ccc1F. The van der Waals surface area contributed by atoms with Crippen LogP contribution in [-0.4, -0.2) is 29.6 Å². The Morgan fingerprint density at radius 1 is 1.21 bits per heavy atom. The van der Waals surface area contributed by atoms with E-state index in [4.69, 9.17) is 0 Å². The van der Waals surface area contributed by atoms with E-state index in [1.807, 2.05) is 0 Å². The van der Waals surface area contributed by atoms with Gasteiger partial charge in [-0.25, -0.2) is 8.78 Å². The van der Waals surface area contributed by atoms with Crippen LogP contribution in [0.5, 0.6) is 0 Å². The highest BCUT2D eigenvalue weighted by atomic mass is 19.1. The number of hydrogen-bond donors (Lipinski definition) is 1. The van der Waals surface area contributed by atoms with E-state index in [1.165, 1.54) is 0 Å². The summed E-state index contributed by atoms with van der Waals surface area (Å²) in [5.74, 6) is -1.07. The van der Waals surface area contributed by atoms with Gasteiger partial charge in [0.05, 0.1) is 6.10 Å². The van der Waals surface area contributed by atoms with Crippen molar-refractivity contribution in [3.05, 3.63) is 35.4 Å². The molecule has 0 heterocycles. The van der Waals surface area contributed by atoms with Crippen LogP contribution in [0.3, 0.4) is 0 Å². The van der Waals surface area contributed by atoms with Gasteiger partial charge < -0.3 is 10.0 Å². The molecule has 0 saturated carbocycles. The van der Waals surface area contributed by atoms with Crippen LogP contribution in [-0.2, 0) is 0 Å². The third-order valence-corrected chi connectivity index (χ3v) is 3.31. The molecule has 1 unspecified atom stereocenters. The fraction of sp³-hybridized carbons (Fsp3) is 0.600. The molecule has 0 aliphatic heterocycles. The zero-order valence-corrected chi connectivity index (χ0v) is 11.7. The monoisotopic (exact) mass is 271 g/mol. The molecule has 19 heavy (non-hydrogen) atoms. The molecule has 0 spiro atoms. The quantitative estimate of drug-likeness (QED) is 0.782. The van der Waals surface area contributed by atoms with Crippen molar-refractivity contribution in [2.45, 2.75) is 39.2 Å². The lowest BCUT2D eigenvalue weighted by atomic mass is 10.1. The third kappa shape index (κ3) is 5.25. The Morgan fingerprint density at radius 3 is 2.58 bits per heavy atom. The van der Waals surface area contributed by atoms with Crippen LogP contribution >= 0.6 is 0 Å². The Balaban J connectivity index is 2.54. The standard InChI is InChI=1S/C15H23F2NO/c1-3-5-9-18(4-2)10-8-15(19)13-11-12(16)6-7-14(13)17/h6-7,11,15,19H,3-5,8-10H2,1-2H3. The average Bonchev–Trinajstić information content (AvgIpc) is 2.41. The van der Waals surface area contributed by atoms with Crippen molar-refractivity contribution < 1.29 is 13.9 Å². The Hall–Kier alpha value is -1.00. The van der Waals surface area contributed by atoms with Crippen molar-refractivity contribution in [2.24, 2.45) is 0 Å². The molecule has 0 saturated heterocycles. The van der Waals surface area contributed by atoms with Gasteiger partial charge in [-0.3, -0.25) is 0 Å². The lowest BCUT2D eigenvalue weighted by Crippen LogP contribution is -2.27. The fourth-order valence-electron chi connectivity index (χ4n) is 2.04. The average molecular weight is 271 g/mol. The van der Waals surface area contributed by atoms with Gasteiger partial charge in [0.25, 0.3) is 0 Å². The van der Waals surface area contributed by atoms with Gasteiger partial charge in [0.15, 0.2) is 0 Å². The number of aliphatic hydroxyl groups excluding tert-OH is 1. The summed E-state index contributed by atoms with van der Waals surface area (Å²) in [5, 5.41) is 9.96. The fourth-order valence-corrected chi connectivity index (χ4v) is 2.04. The molecule has 4 heteroatoms. The lowest BCUT2D eigenvalue weighted by molar-refractivity contribution is 0.139. The molecule has 0 bridgehead atoms. The predicted molar refractivity (Wildman–Crippen MR) is 73.0 cm³/mol. The van der Waals surface area contributed by atoms with Crippen LogP contribution in [0.2, 0.25) is 0 Å². The molecule has 1 atom stereocenters. The molecule has 1 rings (SSSR count). The summed E-state index contributed by atoms with van der Waals surface area (Å²) in [5.41, 5.74) is 0.0477. The first kappa shape index (κ1) is 16.1. The lowest BCUT2D eigenvalue weighted by Gasteiger charge is -2.22. The van der Waals surface area contributed by atoms with E-state index in [-0.39, 0.29) is 5.56 Å². The molecular formula is C15H23F2NO. The highest BCUT2D eigenvalue weighted by Gasteiger charge is 2.15. The Bertz CT molecular complexity index is 384. The summed E-state index contributed by atoms with van der Waals surface area (Å²) in [4.78, 5) is 2.21. The summed E-state index contributed by atoms with van der Waals surface area (Å²) in [6.45, 7) is 6.76. The molecule has 0 radical (unpaired) electrons. The highest BCUT2D eigenvalue weighted by Crippen LogP contribution is 2.21. The maximum absolute atomic E-state index is 13.5. The second-order valence-electron chi connectivity index (χ2n) is 4.76. The van der Waals surface area contributed by atoms with Crippen LogP contribution in [0.1, 0.15) is 44.8 Å². The summed E-state index contributed by atoms with van der Waals surface area (Å²) in [6.07, 6.45) is 1.69. The Morgan fingerprint density at radius 2 is 1.95 bits per heavy atom. The van der Waals surface area contributed by atoms with E-state index >= 15 is 0 Å². The first-order valence-electron chi connectivity index (χ1n) is 6.93. The van der Waals surface area contributed by atoms with Crippen LogP contribution < -0.4 is 0 Å². The topological polar surface area (TPSA) is 23.5 Å². The van der Waals surface area contributed by atoms with E-state index in [0.29, 0.717) is 13.0 Å². The first-order chi connectivity index (χ1) is 9.08. The smallest absolute Gasteiger partial charge is 0.129 e. The molecule has 0 aromatic heterocycles. The Kier molecular flexibility index (Phi) is 6.95. The van der Waals surface area contributed by atoms with Crippen molar-refractivity contribution in [1.82, 2.24) is 4.90 Å². The van der Waals surface area contributed by atoms with Crippen molar-refractivity contribution in [2.75, 3.05) is 19.6 Å². The van der Waals surface area contributed by atoms with Gasteiger partial charge in [-0.1, -0.05) is 20.3 Å². The zero-order valence-electron chi connectivity index (χ0n) is 11.7. The van der Waals surface area contributed by atoms with E-state index < -0.39 is 17.7 Å². The van der Waals surface area contributed by atoms with Crippen molar-refractivity contribution in [3.8, 4) is 0 Å². The van der Waals surface area contributed by atoms with E-state index in [9.17, 15) is 13.9 Å². The third-order valence-electron chi connectivity index (χ3n) is 3.31. The number of rotatable bonds is 8. The predicted octanol–water partition coefficient (Wildman–Crippen LogP) is 3.51. The van der Waals surface area contributed by atoms with Gasteiger partial charge in [-0.2, -0.15) is 0 Å². The molecular weight excluding hydrogens is 248 g/mol. The first-order valence-corrected chi connectivity index (χ1v) is 6.93. The number of hydrogen-bond acceptors (Lipinski definition) is 2. The van der Waals surface area contributed by atoms with Crippen molar-refractivity contribution in [3.63, 3.8) is 0 Å². The van der Waals surface area contributed by atoms with Gasteiger partial charge in [0.1, 0.15) is 11.6 Å². The minimum Gasteiger partial charge on any atom is -0.388 e. The maximum Gasteiger partial charge on any atom is 0.129 e. The summed E-state index contributed by atoms with van der Waals surface area (Å²) < 4.78 is 26.5. The van der Waals surface area contributed by atoms with Crippen LogP contribution in [0, 0.1) is 11.6 Å². The van der Waals surface area contributed by atoms with E-state index in [2.05, 4.69) is 18.7 Å². The number of benzene rings is 1. The van der Waals surface area contributed by atoms with Gasteiger partial charge in [0.2, 0.25) is 0 Å². The Labute approximate surface area is 114 Å².